The van der Waals surface area contributed by atoms with Crippen molar-refractivity contribution in [3.8, 4) is 0 Å². The van der Waals surface area contributed by atoms with E-state index in [1.54, 1.807) is 6.08 Å². The molecule has 1 aliphatic carbocycles. The highest BCUT2D eigenvalue weighted by Gasteiger charge is 2.27. The lowest BCUT2D eigenvalue weighted by atomic mass is 10.1. The van der Waals surface area contributed by atoms with Gasteiger partial charge in [-0.25, -0.2) is 0 Å². The number of nitro groups is 1. The number of amides is 1. The molecule has 7 nitrogen and oxygen atoms in total. The van der Waals surface area contributed by atoms with Crippen LogP contribution in [-0.4, -0.2) is 27.9 Å². The number of nitrogens with one attached hydrogen (secondary N) is 1. The number of halogens is 1. The molecule has 1 aliphatic rings. The van der Waals surface area contributed by atoms with Crippen LogP contribution in [0.5, 0.6) is 0 Å². The fourth-order valence-electron chi connectivity index (χ4n) is 2.08. The standard InChI is InChI=1S/C13H11ClN2O5/c14-8-2-4-10(11(6-8)16(20)21)12(17)15-9-3-1-7(5-9)13(18)19/h1-4,6-7,9H,5H2,(H,15,17)(H,18,19). The van der Waals surface area contributed by atoms with Crippen LogP contribution in [0.1, 0.15) is 16.8 Å². The van der Waals surface area contributed by atoms with Gasteiger partial charge in [0.25, 0.3) is 11.6 Å². The van der Waals surface area contributed by atoms with E-state index in [-0.39, 0.29) is 17.0 Å². The molecule has 2 atom stereocenters. The molecule has 2 N–H and O–H groups in total. The first-order valence-electron chi connectivity index (χ1n) is 6.04. The Balaban J connectivity index is 2.13. The molecule has 0 heterocycles. The van der Waals surface area contributed by atoms with E-state index in [4.69, 9.17) is 16.7 Å². The minimum absolute atomic E-state index is 0.114. The maximum absolute atomic E-state index is 12.1. The second-order valence-corrected chi connectivity index (χ2v) is 5.00. The van der Waals surface area contributed by atoms with Crippen LogP contribution in [0.4, 0.5) is 5.69 Å². The average molecular weight is 311 g/mol. The summed E-state index contributed by atoms with van der Waals surface area (Å²) in [5.41, 5.74) is -0.506. The van der Waals surface area contributed by atoms with Gasteiger partial charge < -0.3 is 10.4 Å². The van der Waals surface area contributed by atoms with Gasteiger partial charge in [0.2, 0.25) is 0 Å². The van der Waals surface area contributed by atoms with Gasteiger partial charge in [-0.15, -0.1) is 0 Å². The lowest BCUT2D eigenvalue weighted by Gasteiger charge is -2.12. The van der Waals surface area contributed by atoms with Crippen LogP contribution in [0.3, 0.4) is 0 Å². The number of hydrogen-bond donors (Lipinski definition) is 2. The van der Waals surface area contributed by atoms with E-state index in [0.29, 0.717) is 0 Å². The van der Waals surface area contributed by atoms with E-state index >= 15 is 0 Å². The van der Waals surface area contributed by atoms with Gasteiger partial charge in [-0.05, 0) is 18.6 Å². The van der Waals surface area contributed by atoms with Crippen molar-refractivity contribution in [1.82, 2.24) is 5.32 Å². The lowest BCUT2D eigenvalue weighted by Crippen LogP contribution is -2.33. The zero-order valence-electron chi connectivity index (χ0n) is 10.7. The summed E-state index contributed by atoms with van der Waals surface area (Å²) in [6.45, 7) is 0. The number of nitro benzene ring substituents is 1. The summed E-state index contributed by atoms with van der Waals surface area (Å²) >= 11 is 5.68. The third kappa shape index (κ3) is 3.38. The van der Waals surface area contributed by atoms with Crippen molar-refractivity contribution in [2.45, 2.75) is 12.5 Å². The summed E-state index contributed by atoms with van der Waals surface area (Å²) in [5, 5.41) is 22.5. The topological polar surface area (TPSA) is 110 Å². The smallest absolute Gasteiger partial charge is 0.310 e. The fourth-order valence-corrected chi connectivity index (χ4v) is 2.25. The molecule has 0 aromatic heterocycles. The molecule has 1 amide bonds. The molecule has 0 radical (unpaired) electrons. The normalized spacial score (nSPS) is 20.2. The van der Waals surface area contributed by atoms with Gasteiger partial charge in [0.1, 0.15) is 5.56 Å². The van der Waals surface area contributed by atoms with Gasteiger partial charge in [0, 0.05) is 17.1 Å². The van der Waals surface area contributed by atoms with Crippen LogP contribution < -0.4 is 5.32 Å². The molecule has 21 heavy (non-hydrogen) atoms. The minimum Gasteiger partial charge on any atom is -0.481 e. The molecule has 0 spiro atoms. The maximum atomic E-state index is 12.1. The molecule has 2 rings (SSSR count). The SMILES string of the molecule is O=C(NC1C=CC(C(=O)O)C1)c1ccc(Cl)cc1[N+](=O)[O-]. The third-order valence-corrected chi connectivity index (χ3v) is 3.35. The number of hydrogen-bond acceptors (Lipinski definition) is 4. The molecule has 0 saturated carbocycles. The Morgan fingerprint density at radius 1 is 1.38 bits per heavy atom. The molecule has 0 fully saturated rings. The van der Waals surface area contributed by atoms with E-state index in [1.165, 1.54) is 18.2 Å². The first kappa shape index (κ1) is 15.0. The first-order chi connectivity index (χ1) is 9.88. The number of benzene rings is 1. The summed E-state index contributed by atoms with van der Waals surface area (Å²) in [7, 11) is 0. The van der Waals surface area contributed by atoms with Gasteiger partial charge in [-0.1, -0.05) is 23.8 Å². The first-order valence-corrected chi connectivity index (χ1v) is 6.42. The lowest BCUT2D eigenvalue weighted by molar-refractivity contribution is -0.385. The summed E-state index contributed by atoms with van der Waals surface area (Å²) in [5.74, 6) is -2.27. The molecular formula is C13H11ClN2O5. The summed E-state index contributed by atoms with van der Waals surface area (Å²) in [6.07, 6.45) is 3.28. The molecule has 8 heteroatoms. The van der Waals surface area contributed by atoms with Crippen LogP contribution >= 0.6 is 11.6 Å². The molecule has 0 saturated heterocycles. The number of nitrogens with zero attached hydrogens (tertiary/aromatic N) is 1. The minimum atomic E-state index is -0.972. The van der Waals surface area contributed by atoms with Gasteiger partial charge in [-0.3, -0.25) is 19.7 Å². The zero-order valence-corrected chi connectivity index (χ0v) is 11.4. The highest BCUT2D eigenvalue weighted by molar-refractivity contribution is 6.31. The third-order valence-electron chi connectivity index (χ3n) is 3.12. The molecular weight excluding hydrogens is 300 g/mol. The molecule has 0 bridgehead atoms. The van der Waals surface area contributed by atoms with E-state index in [9.17, 15) is 19.7 Å². The Morgan fingerprint density at radius 3 is 2.67 bits per heavy atom. The van der Waals surface area contributed by atoms with Crippen molar-refractivity contribution in [2.75, 3.05) is 0 Å². The van der Waals surface area contributed by atoms with Gasteiger partial charge >= 0.3 is 5.97 Å². The Morgan fingerprint density at radius 2 is 2.10 bits per heavy atom. The number of carboxylic acid groups (broad SMARTS) is 1. The largest absolute Gasteiger partial charge is 0.481 e. The van der Waals surface area contributed by atoms with Crippen LogP contribution in [0.25, 0.3) is 0 Å². The van der Waals surface area contributed by atoms with E-state index < -0.39 is 34.4 Å². The zero-order chi connectivity index (χ0) is 15.6. The Labute approximate surface area is 124 Å². The second kappa shape index (κ2) is 5.92. The van der Waals surface area contributed by atoms with Gasteiger partial charge in [0.15, 0.2) is 0 Å². The van der Waals surface area contributed by atoms with Gasteiger partial charge in [-0.2, -0.15) is 0 Å². The van der Waals surface area contributed by atoms with Gasteiger partial charge in [0.05, 0.1) is 10.8 Å². The van der Waals surface area contributed by atoms with Crippen LogP contribution in [0, 0.1) is 16.0 Å². The van der Waals surface area contributed by atoms with Crippen molar-refractivity contribution >= 4 is 29.2 Å². The Bertz CT molecular complexity index is 643. The number of aliphatic carboxylic acids is 1. The van der Waals surface area contributed by atoms with Crippen LogP contribution in [-0.2, 0) is 4.79 Å². The maximum Gasteiger partial charge on any atom is 0.310 e. The number of carbonyl (C=O) groups excluding carboxylic acids is 1. The Hall–Kier alpha value is -2.41. The van der Waals surface area contributed by atoms with Crippen LogP contribution in [0.2, 0.25) is 5.02 Å². The number of rotatable bonds is 4. The molecule has 2 unspecified atom stereocenters. The summed E-state index contributed by atoms with van der Waals surface area (Å²) in [4.78, 5) is 33.1. The van der Waals surface area contributed by atoms with E-state index in [0.717, 1.165) is 6.07 Å². The molecule has 110 valence electrons. The predicted octanol–water partition coefficient (Wildman–Crippen LogP) is 2.01. The van der Waals surface area contributed by atoms with Crippen molar-refractivity contribution < 1.29 is 19.6 Å². The van der Waals surface area contributed by atoms with Crippen molar-refractivity contribution in [3.05, 3.63) is 51.1 Å². The molecule has 0 aliphatic heterocycles. The van der Waals surface area contributed by atoms with Crippen LogP contribution in [0.15, 0.2) is 30.4 Å². The Kier molecular flexibility index (Phi) is 4.23. The van der Waals surface area contributed by atoms with Crippen molar-refractivity contribution in [2.24, 2.45) is 5.92 Å². The van der Waals surface area contributed by atoms with E-state index in [1.807, 2.05) is 0 Å². The second-order valence-electron chi connectivity index (χ2n) is 4.56. The van der Waals surface area contributed by atoms with E-state index in [2.05, 4.69) is 5.32 Å². The monoisotopic (exact) mass is 310 g/mol. The van der Waals surface area contributed by atoms with Crippen molar-refractivity contribution in [1.29, 1.82) is 0 Å². The van der Waals surface area contributed by atoms with Crippen molar-refractivity contribution in [3.63, 3.8) is 0 Å². The molecule has 1 aromatic carbocycles. The predicted molar refractivity (Wildman–Crippen MR) is 74.2 cm³/mol. The highest BCUT2D eigenvalue weighted by atomic mass is 35.5. The highest BCUT2D eigenvalue weighted by Crippen LogP contribution is 2.24. The number of carboxylic acids is 1. The summed E-state index contributed by atoms with van der Waals surface area (Å²) in [6, 6.07) is 3.28. The quantitative estimate of drug-likeness (QED) is 0.502. The molecule has 1 aromatic rings. The average Bonchev–Trinajstić information content (AvgIpc) is 2.87. The number of carbonyl (C=O) groups is 2. The summed E-state index contributed by atoms with van der Waals surface area (Å²) < 4.78 is 0. The fraction of sp³-hybridized carbons (Fsp3) is 0.231.